The lowest BCUT2D eigenvalue weighted by Crippen LogP contribution is -2.29. The number of allylic oxidation sites excluding steroid dienone is 1. The fraction of sp³-hybridized carbons (Fsp3) is 0.438. The smallest absolute Gasteiger partial charge is 0.176 e. The van der Waals surface area contributed by atoms with Crippen molar-refractivity contribution in [1.29, 1.82) is 0 Å². The number of hydrogen-bond acceptors (Lipinski definition) is 3. The first-order valence-corrected chi connectivity index (χ1v) is 7.08. The van der Waals surface area contributed by atoms with Crippen LogP contribution in [-0.2, 0) is 0 Å². The molecule has 100 valence electrons. The van der Waals surface area contributed by atoms with Gasteiger partial charge in [-0.25, -0.2) is 0 Å². The van der Waals surface area contributed by atoms with Crippen molar-refractivity contribution in [2.45, 2.75) is 33.1 Å². The molecule has 3 nitrogen and oxygen atoms in total. The second kappa shape index (κ2) is 5.08. The first-order chi connectivity index (χ1) is 9.31. The van der Waals surface area contributed by atoms with Gasteiger partial charge in [0.25, 0.3) is 0 Å². The maximum absolute atomic E-state index is 5.54. The fourth-order valence-corrected chi connectivity index (χ4v) is 2.87. The standard InChI is InChI=1S/C16H20N2O/c1-3-7-14-15(18-10-5-4-6-11-18)9-8-13-12(2)17-19-16(13)14/h3,7-9H,4-6,10-11H2,1-2H3/b7-3-. The van der Waals surface area contributed by atoms with Gasteiger partial charge in [0.15, 0.2) is 5.58 Å². The van der Waals surface area contributed by atoms with E-state index in [4.69, 9.17) is 4.52 Å². The van der Waals surface area contributed by atoms with Gasteiger partial charge in [0, 0.05) is 29.7 Å². The zero-order chi connectivity index (χ0) is 13.2. The molecule has 3 heteroatoms. The quantitative estimate of drug-likeness (QED) is 0.808. The van der Waals surface area contributed by atoms with Crippen LogP contribution >= 0.6 is 0 Å². The van der Waals surface area contributed by atoms with E-state index < -0.39 is 0 Å². The van der Waals surface area contributed by atoms with E-state index in [1.165, 1.54) is 30.5 Å². The van der Waals surface area contributed by atoms with Crippen LogP contribution in [0.25, 0.3) is 17.0 Å². The SMILES string of the molecule is C/C=C\c1c(N2CCCCC2)ccc2c(C)noc12. The summed E-state index contributed by atoms with van der Waals surface area (Å²) in [6, 6.07) is 4.35. The summed E-state index contributed by atoms with van der Waals surface area (Å²) >= 11 is 0. The Morgan fingerprint density at radius 1 is 1.21 bits per heavy atom. The lowest BCUT2D eigenvalue weighted by molar-refractivity contribution is 0.450. The van der Waals surface area contributed by atoms with E-state index >= 15 is 0 Å². The molecule has 1 aliphatic rings. The monoisotopic (exact) mass is 256 g/mol. The zero-order valence-electron chi connectivity index (χ0n) is 11.6. The topological polar surface area (TPSA) is 29.3 Å². The van der Waals surface area contributed by atoms with E-state index in [0.29, 0.717) is 0 Å². The zero-order valence-corrected chi connectivity index (χ0v) is 11.6. The minimum atomic E-state index is 0.915. The van der Waals surface area contributed by atoms with Crippen molar-refractivity contribution in [3.05, 3.63) is 29.5 Å². The predicted octanol–water partition coefficient (Wildman–Crippen LogP) is 4.16. The van der Waals surface area contributed by atoms with Crippen molar-refractivity contribution in [3.8, 4) is 0 Å². The molecule has 1 fully saturated rings. The molecule has 2 heterocycles. The van der Waals surface area contributed by atoms with Gasteiger partial charge in [-0.1, -0.05) is 17.3 Å². The molecule has 1 saturated heterocycles. The second-order valence-electron chi connectivity index (χ2n) is 5.19. The highest BCUT2D eigenvalue weighted by atomic mass is 16.5. The largest absolute Gasteiger partial charge is 0.371 e. The van der Waals surface area contributed by atoms with Crippen LogP contribution in [0, 0.1) is 6.92 Å². The van der Waals surface area contributed by atoms with Crippen molar-refractivity contribution in [1.82, 2.24) is 5.16 Å². The van der Waals surface area contributed by atoms with Crippen LogP contribution in [0.5, 0.6) is 0 Å². The van der Waals surface area contributed by atoms with Gasteiger partial charge < -0.3 is 9.42 Å². The number of nitrogens with zero attached hydrogens (tertiary/aromatic N) is 2. The molecule has 3 rings (SSSR count). The maximum Gasteiger partial charge on any atom is 0.176 e. The third-order valence-corrected chi connectivity index (χ3v) is 3.87. The Labute approximate surface area is 113 Å². The Hall–Kier alpha value is -1.77. The molecule has 0 aliphatic carbocycles. The van der Waals surface area contributed by atoms with Crippen LogP contribution in [-0.4, -0.2) is 18.2 Å². The molecule has 0 unspecified atom stereocenters. The predicted molar refractivity (Wildman–Crippen MR) is 79.5 cm³/mol. The van der Waals surface area contributed by atoms with Gasteiger partial charge in [0.1, 0.15) is 0 Å². The third kappa shape index (κ3) is 2.14. The van der Waals surface area contributed by atoms with Gasteiger partial charge in [-0.15, -0.1) is 0 Å². The van der Waals surface area contributed by atoms with Crippen molar-refractivity contribution in [2.24, 2.45) is 0 Å². The van der Waals surface area contributed by atoms with Crippen LogP contribution in [0.15, 0.2) is 22.7 Å². The Kier molecular flexibility index (Phi) is 3.28. The van der Waals surface area contributed by atoms with Crippen LogP contribution in [0.3, 0.4) is 0 Å². The lowest BCUT2D eigenvalue weighted by Gasteiger charge is -2.30. The Balaban J connectivity index is 2.14. The summed E-state index contributed by atoms with van der Waals surface area (Å²) in [6.45, 7) is 6.32. The van der Waals surface area contributed by atoms with Crippen LogP contribution in [0.2, 0.25) is 0 Å². The summed E-state index contributed by atoms with van der Waals surface area (Å²) in [4.78, 5) is 2.47. The molecule has 19 heavy (non-hydrogen) atoms. The minimum absolute atomic E-state index is 0.915. The molecule has 1 aromatic carbocycles. The number of fused-ring (bicyclic) bond motifs is 1. The number of rotatable bonds is 2. The lowest BCUT2D eigenvalue weighted by atomic mass is 10.0. The van der Waals surface area contributed by atoms with Gasteiger partial charge >= 0.3 is 0 Å². The Morgan fingerprint density at radius 2 is 2.00 bits per heavy atom. The summed E-state index contributed by atoms with van der Waals surface area (Å²) in [5, 5.41) is 5.22. The highest BCUT2D eigenvalue weighted by molar-refractivity contribution is 5.93. The Morgan fingerprint density at radius 3 is 2.74 bits per heavy atom. The molecule has 0 N–H and O–H groups in total. The summed E-state index contributed by atoms with van der Waals surface area (Å²) in [5.41, 5.74) is 4.33. The van der Waals surface area contributed by atoms with Crippen LogP contribution in [0.4, 0.5) is 5.69 Å². The van der Waals surface area contributed by atoms with Gasteiger partial charge in [-0.3, -0.25) is 0 Å². The van der Waals surface area contributed by atoms with Gasteiger partial charge in [0.05, 0.1) is 5.69 Å². The molecule has 0 saturated carbocycles. The highest BCUT2D eigenvalue weighted by Crippen LogP contribution is 2.33. The van der Waals surface area contributed by atoms with E-state index in [1.54, 1.807) is 0 Å². The molecule has 0 amide bonds. The molecule has 0 spiro atoms. The second-order valence-corrected chi connectivity index (χ2v) is 5.19. The average molecular weight is 256 g/mol. The maximum atomic E-state index is 5.54. The number of anilines is 1. The fourth-order valence-electron chi connectivity index (χ4n) is 2.87. The van der Waals surface area contributed by atoms with E-state index in [9.17, 15) is 0 Å². The average Bonchev–Trinajstić information content (AvgIpc) is 2.83. The van der Waals surface area contributed by atoms with Crippen LogP contribution in [0.1, 0.15) is 37.4 Å². The van der Waals surface area contributed by atoms with Crippen molar-refractivity contribution in [2.75, 3.05) is 18.0 Å². The molecule has 0 bridgehead atoms. The van der Waals surface area contributed by atoms with Crippen LogP contribution < -0.4 is 4.90 Å². The minimum Gasteiger partial charge on any atom is -0.371 e. The van der Waals surface area contributed by atoms with Crippen molar-refractivity contribution < 1.29 is 4.52 Å². The summed E-state index contributed by atoms with van der Waals surface area (Å²) in [5.74, 6) is 0. The number of piperidine rings is 1. The number of aromatic nitrogens is 1. The summed E-state index contributed by atoms with van der Waals surface area (Å²) < 4.78 is 5.54. The molecular weight excluding hydrogens is 236 g/mol. The van der Waals surface area contributed by atoms with Crippen molar-refractivity contribution in [3.63, 3.8) is 0 Å². The number of aryl methyl sites for hydroxylation is 1. The molecule has 1 aromatic heterocycles. The van der Waals surface area contributed by atoms with Gasteiger partial charge in [-0.2, -0.15) is 0 Å². The first-order valence-electron chi connectivity index (χ1n) is 7.08. The summed E-state index contributed by atoms with van der Waals surface area (Å²) in [7, 11) is 0. The first kappa shape index (κ1) is 12.3. The molecule has 0 atom stereocenters. The van der Waals surface area contributed by atoms with E-state index in [0.717, 1.165) is 29.8 Å². The number of hydrogen-bond donors (Lipinski definition) is 0. The Bertz CT molecular complexity index is 606. The summed E-state index contributed by atoms with van der Waals surface area (Å²) in [6.07, 6.45) is 8.11. The molecular formula is C16H20N2O. The molecule has 1 aliphatic heterocycles. The van der Waals surface area contributed by atoms with E-state index in [2.05, 4.69) is 34.3 Å². The highest BCUT2D eigenvalue weighted by Gasteiger charge is 2.18. The van der Waals surface area contributed by atoms with Gasteiger partial charge in [0.2, 0.25) is 0 Å². The van der Waals surface area contributed by atoms with E-state index in [-0.39, 0.29) is 0 Å². The molecule has 0 radical (unpaired) electrons. The number of benzene rings is 1. The third-order valence-electron chi connectivity index (χ3n) is 3.87. The van der Waals surface area contributed by atoms with E-state index in [1.807, 2.05) is 13.8 Å². The molecule has 2 aromatic rings. The van der Waals surface area contributed by atoms with Gasteiger partial charge in [-0.05, 0) is 45.2 Å². The normalized spacial score (nSPS) is 16.6. The van der Waals surface area contributed by atoms with Crippen molar-refractivity contribution >= 4 is 22.7 Å².